The smallest absolute Gasteiger partial charge is 0.243 e. The Morgan fingerprint density at radius 1 is 0.929 bits per heavy atom. The van der Waals surface area contributed by atoms with Crippen molar-refractivity contribution in [3.8, 4) is 0 Å². The molecule has 70 heavy (non-hydrogen) atoms. The maximum Gasteiger partial charge on any atom is 0.243 e. The van der Waals surface area contributed by atoms with E-state index in [1.165, 1.54) is 28.0 Å². The van der Waals surface area contributed by atoms with Crippen LogP contribution in [-0.2, 0) is 56.0 Å². The SMILES string of the molecule is CCNC(=O)[C@@H](CCCN=C(N)N)NC(=O)[C@@H]1C[C@@H](O)CN1C(=O)[C@@H]1CCSCCC(=O)C[C@@H](Cc2ccc(Cl)cc2)C(=O)N[C@@H](Cc2cccs2)C(=O)N[C@@H](C(C)C)C(=O)N[C@@H](CC(N)=O)C(=O)C1. The lowest BCUT2D eigenvalue weighted by Gasteiger charge is -2.30. The second-order valence-electron chi connectivity index (χ2n) is 17.9. The van der Waals surface area contributed by atoms with Gasteiger partial charge in [-0.25, -0.2) is 0 Å². The number of nitrogens with two attached hydrogens (primary N) is 3. The van der Waals surface area contributed by atoms with Gasteiger partial charge in [-0.15, -0.1) is 11.3 Å². The van der Waals surface area contributed by atoms with E-state index in [2.05, 4.69) is 31.6 Å². The molecule has 0 bridgehead atoms. The Hall–Kier alpha value is -5.58. The summed E-state index contributed by atoms with van der Waals surface area (Å²) in [5.74, 6) is -8.10. The molecule has 0 saturated carbocycles. The van der Waals surface area contributed by atoms with Crippen LogP contribution in [-0.4, -0.2) is 136 Å². The molecule has 1 aromatic carbocycles. The number of rotatable bonds is 16. The van der Waals surface area contributed by atoms with Crippen molar-refractivity contribution in [3.05, 3.63) is 57.2 Å². The van der Waals surface area contributed by atoms with E-state index in [1.807, 2.05) is 5.38 Å². The summed E-state index contributed by atoms with van der Waals surface area (Å²) in [7, 11) is 0. The van der Waals surface area contributed by atoms with Gasteiger partial charge < -0.3 is 53.8 Å². The summed E-state index contributed by atoms with van der Waals surface area (Å²) in [5, 5.41) is 26.7. The molecule has 2 aliphatic heterocycles. The number of halogens is 1. The Balaban J connectivity index is 1.67. The van der Waals surface area contributed by atoms with Gasteiger partial charge in [0.25, 0.3) is 0 Å². The molecule has 2 fully saturated rings. The van der Waals surface area contributed by atoms with E-state index < -0.39 is 114 Å². The summed E-state index contributed by atoms with van der Waals surface area (Å²) in [6, 6.07) is 4.15. The largest absolute Gasteiger partial charge is 0.391 e. The molecule has 2 saturated heterocycles. The van der Waals surface area contributed by atoms with Crippen molar-refractivity contribution in [1.82, 2.24) is 31.5 Å². The van der Waals surface area contributed by atoms with Crippen LogP contribution in [0, 0.1) is 17.8 Å². The molecule has 8 atom stereocenters. The number of nitrogens with one attached hydrogen (secondary N) is 5. The number of likely N-dealkylation sites (N-methyl/N-ethyl adjacent to an activating group) is 1. The molecule has 4 rings (SSSR count). The first kappa shape index (κ1) is 57.0. The van der Waals surface area contributed by atoms with E-state index in [-0.39, 0.29) is 87.8 Å². The van der Waals surface area contributed by atoms with E-state index in [1.54, 1.807) is 57.2 Å². The number of thioether (sulfide) groups is 1. The molecular formula is C47H67ClN10O10S2. The van der Waals surface area contributed by atoms with Crippen LogP contribution in [0.5, 0.6) is 0 Å². The normalized spacial score (nSPS) is 23.9. The highest BCUT2D eigenvalue weighted by atomic mass is 35.5. The van der Waals surface area contributed by atoms with Crippen molar-refractivity contribution < 1.29 is 48.3 Å². The molecule has 0 radical (unpaired) electrons. The first-order valence-corrected chi connectivity index (χ1v) is 25.9. The third-order valence-electron chi connectivity index (χ3n) is 11.9. The van der Waals surface area contributed by atoms with Gasteiger partial charge in [-0.2, -0.15) is 11.8 Å². The number of β-amino-alcohol motifs (C(OH)–C–C–N with tert-alkyl or cyclic N) is 1. The van der Waals surface area contributed by atoms with Gasteiger partial charge in [0, 0.05) is 79.2 Å². The summed E-state index contributed by atoms with van der Waals surface area (Å²) >= 11 is 8.82. The lowest BCUT2D eigenvalue weighted by molar-refractivity contribution is -0.144. The predicted octanol–water partition coefficient (Wildman–Crippen LogP) is 0.487. The topological polar surface area (TPSA) is 328 Å². The monoisotopic (exact) mass is 1030 g/mol. The standard InChI is InChI=1S/C47H67ClN10O10S2/c1-4-52-42(64)34(8-5-15-53-47(50)51)54-44(66)37-22-32(60)25-58(37)46(68)28-13-17-69-18-14-31(59)20-29(19-27-9-11-30(48)12-10-27)41(63)56-36(23-33-7-6-16-70-33)43(65)57-40(26(2)3)45(67)55-35(24-39(49)62)38(61)21-28/h6-7,9-12,16,26,28-29,32,34-37,40,60H,4-5,8,13-15,17-25H2,1-3H3,(H2,49,62)(H,52,64)(H,54,66)(H,55,67)(H,56,63)(H,57,65)(H4,50,51,53)/t28-,29-,32-,34-,35+,36+,37+,40+/m1/s1. The zero-order chi connectivity index (χ0) is 51.5. The Kier molecular flexibility index (Phi) is 23.1. The van der Waals surface area contributed by atoms with Gasteiger partial charge in [-0.1, -0.05) is 43.6 Å². The minimum absolute atomic E-state index is 0.0336. The number of aliphatic imine (C=N–C) groups is 1. The van der Waals surface area contributed by atoms with Gasteiger partial charge in [0.05, 0.1) is 18.6 Å². The maximum absolute atomic E-state index is 14.6. The summed E-state index contributed by atoms with van der Waals surface area (Å²) in [6.07, 6.45) is -1.86. The molecule has 7 amide bonds. The van der Waals surface area contributed by atoms with Crippen LogP contribution in [0.4, 0.5) is 0 Å². The predicted molar refractivity (Wildman–Crippen MR) is 267 cm³/mol. The first-order chi connectivity index (χ1) is 33.3. The van der Waals surface area contributed by atoms with E-state index in [9.17, 15) is 48.3 Å². The number of nitrogens with zero attached hydrogens (tertiary/aromatic N) is 2. The number of carbonyl (C=O) groups is 9. The molecule has 2 aliphatic rings. The van der Waals surface area contributed by atoms with E-state index in [0.29, 0.717) is 11.4 Å². The number of thiophene rings is 1. The number of primary amides is 1. The van der Waals surface area contributed by atoms with Crippen molar-refractivity contribution in [1.29, 1.82) is 0 Å². The fourth-order valence-corrected chi connectivity index (χ4v) is 10.2. The summed E-state index contributed by atoms with van der Waals surface area (Å²) in [4.78, 5) is 130. The van der Waals surface area contributed by atoms with Crippen LogP contribution in [0.1, 0.15) is 82.6 Å². The molecule has 3 heterocycles. The molecular weight excluding hydrogens is 964 g/mol. The van der Waals surface area contributed by atoms with E-state index >= 15 is 0 Å². The maximum atomic E-state index is 14.6. The summed E-state index contributed by atoms with van der Waals surface area (Å²) in [5.41, 5.74) is 17.2. The molecule has 384 valence electrons. The Bertz CT molecular complexity index is 2180. The third-order valence-corrected chi connectivity index (χ3v) is 14.1. The Morgan fingerprint density at radius 2 is 1.64 bits per heavy atom. The van der Waals surface area contributed by atoms with Crippen LogP contribution in [0.15, 0.2) is 46.8 Å². The highest BCUT2D eigenvalue weighted by Gasteiger charge is 2.43. The number of benzene rings is 1. The zero-order valence-corrected chi connectivity index (χ0v) is 42.2. The third kappa shape index (κ3) is 18.3. The van der Waals surface area contributed by atoms with Gasteiger partial charge in [0.1, 0.15) is 30.0 Å². The van der Waals surface area contributed by atoms with Gasteiger partial charge in [0.15, 0.2) is 11.7 Å². The van der Waals surface area contributed by atoms with E-state index in [4.69, 9.17) is 28.8 Å². The number of Topliss-reactive ketones (excluding diaryl/α,β-unsaturated/α-hetero) is 2. The van der Waals surface area contributed by atoms with Crippen LogP contribution < -0.4 is 43.8 Å². The average Bonchev–Trinajstić information content (AvgIpc) is 3.97. The number of guanidine groups is 1. The fourth-order valence-electron chi connectivity index (χ4n) is 8.25. The minimum Gasteiger partial charge on any atom is -0.391 e. The fraction of sp³-hybridized carbons (Fsp3) is 0.574. The average molecular weight is 1030 g/mol. The van der Waals surface area contributed by atoms with Crippen molar-refractivity contribution >= 4 is 93.6 Å². The second kappa shape index (κ2) is 28.3. The van der Waals surface area contributed by atoms with E-state index in [0.717, 1.165) is 10.4 Å². The quantitative estimate of drug-likeness (QED) is 0.0629. The molecule has 23 heteroatoms. The summed E-state index contributed by atoms with van der Waals surface area (Å²) in [6.45, 7) is 5.21. The van der Waals surface area contributed by atoms with Crippen LogP contribution in [0.2, 0.25) is 5.02 Å². The van der Waals surface area contributed by atoms with Crippen LogP contribution in [0.25, 0.3) is 0 Å². The highest BCUT2D eigenvalue weighted by molar-refractivity contribution is 7.99. The van der Waals surface area contributed by atoms with Crippen LogP contribution >= 0.6 is 34.7 Å². The molecule has 0 aliphatic carbocycles. The van der Waals surface area contributed by atoms with Gasteiger partial charge in [-0.3, -0.25) is 48.1 Å². The second-order valence-corrected chi connectivity index (χ2v) is 20.6. The van der Waals surface area contributed by atoms with Crippen molar-refractivity contribution in [2.24, 2.45) is 39.9 Å². The lowest BCUT2D eigenvalue weighted by Crippen LogP contribution is -2.58. The molecule has 12 N–H and O–H groups in total. The number of hydrogen-bond donors (Lipinski definition) is 9. The molecule has 1 aromatic heterocycles. The summed E-state index contributed by atoms with van der Waals surface area (Å²) < 4.78 is 0. The number of aliphatic hydroxyl groups excluding tert-OH is 1. The Labute approximate surface area is 421 Å². The molecule has 0 spiro atoms. The van der Waals surface area contributed by atoms with Crippen molar-refractivity contribution in [2.45, 2.75) is 121 Å². The lowest BCUT2D eigenvalue weighted by atomic mass is 9.92. The van der Waals surface area contributed by atoms with Gasteiger partial charge in [-0.05, 0) is 73.4 Å². The first-order valence-electron chi connectivity index (χ1n) is 23.5. The zero-order valence-electron chi connectivity index (χ0n) is 39.8. The number of likely N-dealkylation sites (tertiary alicyclic amines) is 1. The number of hydrogen-bond acceptors (Lipinski definition) is 13. The van der Waals surface area contributed by atoms with Gasteiger partial charge >= 0.3 is 0 Å². The number of carbonyl (C=O) groups excluding carboxylic acids is 9. The molecule has 20 nitrogen and oxygen atoms in total. The number of amides is 7. The highest BCUT2D eigenvalue weighted by Crippen LogP contribution is 2.27. The van der Waals surface area contributed by atoms with Gasteiger partial charge in [0.2, 0.25) is 41.4 Å². The minimum atomic E-state index is -1.54. The van der Waals surface area contributed by atoms with Crippen LogP contribution in [0.3, 0.4) is 0 Å². The molecule has 0 unspecified atom stereocenters. The van der Waals surface area contributed by atoms with Crippen molar-refractivity contribution in [3.63, 3.8) is 0 Å². The number of ketones is 2. The molecule has 2 aromatic rings. The van der Waals surface area contributed by atoms with Crippen molar-refractivity contribution in [2.75, 3.05) is 31.1 Å². The Morgan fingerprint density at radius 3 is 2.29 bits per heavy atom. The number of aliphatic hydroxyl groups is 1.